The third kappa shape index (κ3) is 5.03. The monoisotopic (exact) mass is 369 g/mol. The van der Waals surface area contributed by atoms with E-state index in [1.807, 2.05) is 43.3 Å². The average molecular weight is 369 g/mol. The van der Waals surface area contributed by atoms with Crippen molar-refractivity contribution in [3.63, 3.8) is 0 Å². The molecular formula is C22H27NO4. The molecule has 0 heterocycles. The van der Waals surface area contributed by atoms with Crippen LogP contribution in [0.25, 0.3) is 6.08 Å². The Morgan fingerprint density at radius 1 is 1.04 bits per heavy atom. The molecule has 2 aromatic carbocycles. The number of hydrogen-bond donors (Lipinski definition) is 0. The highest BCUT2D eigenvalue weighted by molar-refractivity contribution is 6.03. The quantitative estimate of drug-likeness (QED) is 0.644. The van der Waals surface area contributed by atoms with Gasteiger partial charge in [-0.25, -0.2) is 0 Å². The molecule has 0 aliphatic carbocycles. The van der Waals surface area contributed by atoms with Crippen LogP contribution in [0.4, 0.5) is 5.69 Å². The maximum atomic E-state index is 12.8. The molecule has 0 fully saturated rings. The SMILES string of the molecule is CCCN(C(=O)/C=C/c1cc(OC)c(OC)c(OC)c1)c1cccc(C)c1. The minimum absolute atomic E-state index is 0.0730. The topological polar surface area (TPSA) is 48.0 Å². The summed E-state index contributed by atoms with van der Waals surface area (Å²) in [4.78, 5) is 14.6. The Balaban J connectivity index is 2.30. The second-order valence-corrected chi connectivity index (χ2v) is 6.12. The molecule has 0 atom stereocenters. The molecule has 0 aromatic heterocycles. The lowest BCUT2D eigenvalue weighted by atomic mass is 10.1. The molecule has 1 amide bonds. The van der Waals surface area contributed by atoms with E-state index in [2.05, 4.69) is 6.92 Å². The van der Waals surface area contributed by atoms with Gasteiger partial charge < -0.3 is 19.1 Å². The third-order valence-corrected chi connectivity index (χ3v) is 4.13. The summed E-state index contributed by atoms with van der Waals surface area (Å²) in [5.74, 6) is 1.55. The van der Waals surface area contributed by atoms with Crippen LogP contribution in [0.3, 0.4) is 0 Å². The van der Waals surface area contributed by atoms with Gasteiger partial charge in [0.1, 0.15) is 0 Å². The maximum Gasteiger partial charge on any atom is 0.250 e. The molecular weight excluding hydrogens is 342 g/mol. The number of carbonyl (C=O) groups excluding carboxylic acids is 1. The molecule has 0 aliphatic rings. The van der Waals surface area contributed by atoms with E-state index in [0.29, 0.717) is 23.8 Å². The van der Waals surface area contributed by atoms with Crippen LogP contribution in [0.15, 0.2) is 42.5 Å². The van der Waals surface area contributed by atoms with Crippen molar-refractivity contribution in [1.82, 2.24) is 0 Å². The smallest absolute Gasteiger partial charge is 0.250 e. The Morgan fingerprint density at radius 2 is 1.70 bits per heavy atom. The van der Waals surface area contributed by atoms with Crippen molar-refractivity contribution in [1.29, 1.82) is 0 Å². The first kappa shape index (κ1) is 20.4. The highest BCUT2D eigenvalue weighted by atomic mass is 16.5. The van der Waals surface area contributed by atoms with Crippen molar-refractivity contribution in [3.05, 3.63) is 53.6 Å². The lowest BCUT2D eigenvalue weighted by Gasteiger charge is -2.21. The molecule has 5 nitrogen and oxygen atoms in total. The number of anilines is 1. The van der Waals surface area contributed by atoms with Crippen LogP contribution in [0.1, 0.15) is 24.5 Å². The fraction of sp³-hybridized carbons (Fsp3) is 0.318. The van der Waals surface area contributed by atoms with Crippen molar-refractivity contribution in [2.75, 3.05) is 32.8 Å². The van der Waals surface area contributed by atoms with Crippen molar-refractivity contribution in [2.45, 2.75) is 20.3 Å². The van der Waals surface area contributed by atoms with Crippen LogP contribution in [0, 0.1) is 6.92 Å². The lowest BCUT2D eigenvalue weighted by molar-refractivity contribution is -0.114. The second kappa shape index (κ2) is 9.67. The van der Waals surface area contributed by atoms with E-state index in [-0.39, 0.29) is 5.91 Å². The molecule has 2 aromatic rings. The highest BCUT2D eigenvalue weighted by Gasteiger charge is 2.14. The molecule has 0 radical (unpaired) electrons. The summed E-state index contributed by atoms with van der Waals surface area (Å²) in [6.45, 7) is 4.73. The zero-order chi connectivity index (χ0) is 19.8. The zero-order valence-electron chi connectivity index (χ0n) is 16.6. The molecule has 2 rings (SSSR count). The van der Waals surface area contributed by atoms with Crippen LogP contribution < -0.4 is 19.1 Å². The molecule has 144 valence electrons. The molecule has 0 bridgehead atoms. The van der Waals surface area contributed by atoms with Crippen LogP contribution in [0.2, 0.25) is 0 Å². The van der Waals surface area contributed by atoms with Crippen LogP contribution >= 0.6 is 0 Å². The maximum absolute atomic E-state index is 12.8. The van der Waals surface area contributed by atoms with Crippen LogP contribution in [0.5, 0.6) is 17.2 Å². The van der Waals surface area contributed by atoms with Gasteiger partial charge in [-0.2, -0.15) is 0 Å². The van der Waals surface area contributed by atoms with Gasteiger partial charge in [-0.3, -0.25) is 4.79 Å². The molecule has 0 spiro atoms. The number of ether oxygens (including phenoxy) is 3. The van der Waals surface area contributed by atoms with Crippen molar-refractivity contribution in [3.8, 4) is 17.2 Å². The molecule has 0 unspecified atom stereocenters. The van der Waals surface area contributed by atoms with Gasteiger partial charge in [0.2, 0.25) is 5.75 Å². The van der Waals surface area contributed by atoms with Crippen molar-refractivity contribution < 1.29 is 19.0 Å². The largest absolute Gasteiger partial charge is 0.493 e. The van der Waals surface area contributed by atoms with Gasteiger partial charge in [-0.1, -0.05) is 19.1 Å². The summed E-state index contributed by atoms with van der Waals surface area (Å²) in [5.41, 5.74) is 2.81. The summed E-state index contributed by atoms with van der Waals surface area (Å²) in [7, 11) is 4.69. The fourth-order valence-corrected chi connectivity index (χ4v) is 2.84. The van der Waals surface area contributed by atoms with Gasteiger partial charge in [0.05, 0.1) is 21.3 Å². The summed E-state index contributed by atoms with van der Waals surface area (Å²) < 4.78 is 16.0. The number of methoxy groups -OCH3 is 3. The van der Waals surface area contributed by atoms with E-state index in [0.717, 1.165) is 23.2 Å². The summed E-state index contributed by atoms with van der Waals surface area (Å²) in [6.07, 6.45) is 4.20. The lowest BCUT2D eigenvalue weighted by Crippen LogP contribution is -2.30. The molecule has 0 saturated heterocycles. The van der Waals surface area contributed by atoms with E-state index >= 15 is 0 Å². The normalized spacial score (nSPS) is 10.7. The Hall–Kier alpha value is -2.95. The van der Waals surface area contributed by atoms with E-state index in [1.54, 1.807) is 38.4 Å². The number of aryl methyl sites for hydroxylation is 1. The molecule has 0 aliphatic heterocycles. The number of hydrogen-bond acceptors (Lipinski definition) is 4. The van der Waals surface area contributed by atoms with Crippen molar-refractivity contribution >= 4 is 17.7 Å². The van der Waals surface area contributed by atoms with Gasteiger partial charge in [-0.15, -0.1) is 0 Å². The fourth-order valence-electron chi connectivity index (χ4n) is 2.84. The second-order valence-electron chi connectivity index (χ2n) is 6.12. The van der Waals surface area contributed by atoms with Gasteiger partial charge in [-0.05, 0) is 54.8 Å². The van der Waals surface area contributed by atoms with Gasteiger partial charge >= 0.3 is 0 Å². The average Bonchev–Trinajstić information content (AvgIpc) is 2.69. The standard InChI is InChI=1S/C22H27NO4/c1-6-12-23(18-9-7-8-16(2)13-18)21(24)11-10-17-14-19(25-3)22(27-5)20(15-17)26-4/h7-11,13-15H,6,12H2,1-5H3/b11-10+. The number of rotatable bonds is 8. The Morgan fingerprint density at radius 3 is 2.22 bits per heavy atom. The molecule has 5 heteroatoms. The van der Waals surface area contributed by atoms with E-state index in [9.17, 15) is 4.79 Å². The zero-order valence-corrected chi connectivity index (χ0v) is 16.6. The highest BCUT2D eigenvalue weighted by Crippen LogP contribution is 2.38. The summed E-state index contributed by atoms with van der Waals surface area (Å²) in [5, 5.41) is 0. The van der Waals surface area contributed by atoms with Gasteiger partial charge in [0.25, 0.3) is 5.91 Å². The van der Waals surface area contributed by atoms with E-state index < -0.39 is 0 Å². The van der Waals surface area contributed by atoms with Crippen LogP contribution in [-0.2, 0) is 4.79 Å². The van der Waals surface area contributed by atoms with Gasteiger partial charge in [0.15, 0.2) is 11.5 Å². The molecule has 27 heavy (non-hydrogen) atoms. The number of nitrogens with zero attached hydrogens (tertiary/aromatic N) is 1. The van der Waals surface area contributed by atoms with E-state index in [1.165, 1.54) is 0 Å². The first-order valence-electron chi connectivity index (χ1n) is 8.90. The number of benzene rings is 2. The van der Waals surface area contributed by atoms with Crippen LogP contribution in [-0.4, -0.2) is 33.8 Å². The third-order valence-electron chi connectivity index (χ3n) is 4.13. The minimum Gasteiger partial charge on any atom is -0.493 e. The minimum atomic E-state index is -0.0730. The predicted molar refractivity (Wildman–Crippen MR) is 109 cm³/mol. The van der Waals surface area contributed by atoms with Gasteiger partial charge in [0, 0.05) is 18.3 Å². The Labute approximate surface area is 161 Å². The molecule has 0 saturated carbocycles. The number of amides is 1. The predicted octanol–water partition coefficient (Wildman–Crippen LogP) is 4.48. The Kier molecular flexibility index (Phi) is 7.29. The first-order valence-corrected chi connectivity index (χ1v) is 8.90. The summed E-state index contributed by atoms with van der Waals surface area (Å²) in [6, 6.07) is 11.6. The molecule has 0 N–H and O–H groups in total. The summed E-state index contributed by atoms with van der Waals surface area (Å²) >= 11 is 0. The Bertz CT molecular complexity index is 789. The van der Waals surface area contributed by atoms with E-state index in [4.69, 9.17) is 14.2 Å². The first-order chi connectivity index (χ1) is 13.0. The van der Waals surface area contributed by atoms with Crippen molar-refractivity contribution in [2.24, 2.45) is 0 Å². The number of carbonyl (C=O) groups is 1.